The molecule has 0 bridgehead atoms. The van der Waals surface area contributed by atoms with E-state index in [0.29, 0.717) is 22.0 Å². The summed E-state index contributed by atoms with van der Waals surface area (Å²) in [6.07, 6.45) is 0. The zero-order valence-electron chi connectivity index (χ0n) is 11.1. The fraction of sp³-hybridized carbons (Fsp3) is 0.133. The van der Waals surface area contributed by atoms with Gasteiger partial charge in [-0.1, -0.05) is 23.7 Å². The SMILES string of the molecule is COc1cc(NC(=O)c2cccc(C)c2O)ccc1Cl. The maximum absolute atomic E-state index is 12.1. The van der Waals surface area contributed by atoms with E-state index in [1.807, 2.05) is 0 Å². The van der Waals surface area contributed by atoms with E-state index in [4.69, 9.17) is 16.3 Å². The number of nitrogens with one attached hydrogen (secondary N) is 1. The number of para-hydroxylation sites is 1. The number of phenols is 1. The molecule has 0 aliphatic heterocycles. The lowest BCUT2D eigenvalue weighted by atomic mass is 10.1. The van der Waals surface area contributed by atoms with E-state index < -0.39 is 5.91 Å². The molecule has 5 heteroatoms. The Balaban J connectivity index is 2.26. The molecule has 0 unspecified atom stereocenters. The minimum atomic E-state index is -0.393. The van der Waals surface area contributed by atoms with Gasteiger partial charge in [-0.3, -0.25) is 4.79 Å². The Bertz CT molecular complexity index is 656. The van der Waals surface area contributed by atoms with E-state index in [1.165, 1.54) is 7.11 Å². The van der Waals surface area contributed by atoms with Crippen molar-refractivity contribution in [1.29, 1.82) is 0 Å². The van der Waals surface area contributed by atoms with Crippen LogP contribution < -0.4 is 10.1 Å². The third-order valence-corrected chi connectivity index (χ3v) is 3.20. The first-order valence-corrected chi connectivity index (χ1v) is 6.34. The molecule has 2 N–H and O–H groups in total. The van der Waals surface area contributed by atoms with E-state index in [1.54, 1.807) is 43.3 Å². The average molecular weight is 292 g/mol. The second-order valence-corrected chi connectivity index (χ2v) is 4.68. The van der Waals surface area contributed by atoms with Crippen LogP contribution in [0.1, 0.15) is 15.9 Å². The zero-order chi connectivity index (χ0) is 14.7. The largest absolute Gasteiger partial charge is 0.507 e. The summed E-state index contributed by atoms with van der Waals surface area (Å²) in [6, 6.07) is 9.92. The smallest absolute Gasteiger partial charge is 0.259 e. The molecule has 104 valence electrons. The fourth-order valence-electron chi connectivity index (χ4n) is 1.78. The summed E-state index contributed by atoms with van der Waals surface area (Å²) in [5, 5.41) is 13.0. The van der Waals surface area contributed by atoms with Crippen molar-refractivity contribution in [2.75, 3.05) is 12.4 Å². The summed E-state index contributed by atoms with van der Waals surface area (Å²) >= 11 is 5.92. The molecule has 0 fully saturated rings. The number of carbonyl (C=O) groups is 1. The lowest BCUT2D eigenvalue weighted by Crippen LogP contribution is -2.12. The summed E-state index contributed by atoms with van der Waals surface area (Å²) in [5.41, 5.74) is 1.41. The molecule has 0 radical (unpaired) electrons. The van der Waals surface area contributed by atoms with Crippen molar-refractivity contribution in [3.8, 4) is 11.5 Å². The summed E-state index contributed by atoms with van der Waals surface area (Å²) in [5.74, 6) is 0.0550. The van der Waals surface area contributed by atoms with Crippen molar-refractivity contribution < 1.29 is 14.6 Å². The van der Waals surface area contributed by atoms with Gasteiger partial charge in [-0.15, -0.1) is 0 Å². The number of anilines is 1. The number of hydrogen-bond acceptors (Lipinski definition) is 3. The van der Waals surface area contributed by atoms with Crippen LogP contribution in [0.15, 0.2) is 36.4 Å². The minimum Gasteiger partial charge on any atom is -0.507 e. The molecule has 4 nitrogen and oxygen atoms in total. The van der Waals surface area contributed by atoms with Gasteiger partial charge in [0.1, 0.15) is 11.5 Å². The first-order valence-electron chi connectivity index (χ1n) is 5.96. The number of halogens is 1. The van der Waals surface area contributed by atoms with Crippen LogP contribution in [0.4, 0.5) is 5.69 Å². The van der Waals surface area contributed by atoms with Crippen LogP contribution in [-0.2, 0) is 0 Å². The number of carbonyl (C=O) groups excluding carboxylic acids is 1. The van der Waals surface area contributed by atoms with Crippen molar-refractivity contribution in [3.63, 3.8) is 0 Å². The molecule has 1 amide bonds. The maximum Gasteiger partial charge on any atom is 0.259 e. The number of rotatable bonds is 3. The van der Waals surface area contributed by atoms with Crippen molar-refractivity contribution in [2.24, 2.45) is 0 Å². The molecule has 0 aliphatic carbocycles. The van der Waals surface area contributed by atoms with Gasteiger partial charge in [0.05, 0.1) is 17.7 Å². The molecular formula is C15H14ClNO3. The van der Waals surface area contributed by atoms with Gasteiger partial charge in [-0.05, 0) is 30.7 Å². The molecule has 0 saturated carbocycles. The van der Waals surface area contributed by atoms with Crippen LogP contribution in [-0.4, -0.2) is 18.1 Å². The number of aromatic hydroxyl groups is 1. The van der Waals surface area contributed by atoms with Gasteiger partial charge in [-0.2, -0.15) is 0 Å². The molecule has 0 spiro atoms. The summed E-state index contributed by atoms with van der Waals surface area (Å²) < 4.78 is 5.08. The number of aryl methyl sites for hydroxylation is 1. The Morgan fingerprint density at radius 3 is 2.75 bits per heavy atom. The number of benzene rings is 2. The Morgan fingerprint density at radius 2 is 2.05 bits per heavy atom. The number of methoxy groups -OCH3 is 1. The van der Waals surface area contributed by atoms with Crippen LogP contribution in [0.2, 0.25) is 5.02 Å². The molecule has 0 aliphatic rings. The Labute approximate surface area is 122 Å². The fourth-order valence-corrected chi connectivity index (χ4v) is 1.97. The zero-order valence-corrected chi connectivity index (χ0v) is 11.9. The highest BCUT2D eigenvalue weighted by Gasteiger charge is 2.13. The van der Waals surface area contributed by atoms with E-state index in [0.717, 1.165) is 0 Å². The van der Waals surface area contributed by atoms with Crippen LogP contribution >= 0.6 is 11.6 Å². The van der Waals surface area contributed by atoms with Crippen LogP contribution in [0, 0.1) is 6.92 Å². The molecule has 0 heterocycles. The molecule has 20 heavy (non-hydrogen) atoms. The predicted octanol–water partition coefficient (Wildman–Crippen LogP) is 3.61. The van der Waals surface area contributed by atoms with E-state index >= 15 is 0 Å². The van der Waals surface area contributed by atoms with Gasteiger partial charge in [0, 0.05) is 11.8 Å². The van der Waals surface area contributed by atoms with Gasteiger partial charge in [-0.25, -0.2) is 0 Å². The molecule has 2 aromatic rings. The van der Waals surface area contributed by atoms with Crippen molar-refractivity contribution >= 4 is 23.2 Å². The van der Waals surface area contributed by atoms with Crippen LogP contribution in [0.25, 0.3) is 0 Å². The summed E-state index contributed by atoms with van der Waals surface area (Å²) in [4.78, 5) is 12.1. The topological polar surface area (TPSA) is 58.6 Å². The Hall–Kier alpha value is -2.20. The second kappa shape index (κ2) is 5.84. The molecule has 0 saturated heterocycles. The van der Waals surface area contributed by atoms with Gasteiger partial charge in [0.15, 0.2) is 0 Å². The molecule has 0 atom stereocenters. The monoisotopic (exact) mass is 291 g/mol. The summed E-state index contributed by atoms with van der Waals surface area (Å²) in [6.45, 7) is 1.73. The molecule has 0 aromatic heterocycles. The number of phenolic OH excluding ortho intramolecular Hbond substituents is 1. The highest BCUT2D eigenvalue weighted by molar-refractivity contribution is 6.32. The van der Waals surface area contributed by atoms with Crippen LogP contribution in [0.5, 0.6) is 11.5 Å². The predicted molar refractivity (Wildman–Crippen MR) is 78.8 cm³/mol. The average Bonchev–Trinajstić information content (AvgIpc) is 2.43. The lowest BCUT2D eigenvalue weighted by molar-refractivity contribution is 0.102. The van der Waals surface area contributed by atoms with Crippen LogP contribution in [0.3, 0.4) is 0 Å². The number of amides is 1. The normalized spacial score (nSPS) is 10.2. The minimum absolute atomic E-state index is 0.0223. The van der Waals surface area contributed by atoms with Gasteiger partial charge < -0.3 is 15.2 Å². The quantitative estimate of drug-likeness (QED) is 0.908. The van der Waals surface area contributed by atoms with Gasteiger partial charge >= 0.3 is 0 Å². The summed E-state index contributed by atoms with van der Waals surface area (Å²) in [7, 11) is 1.50. The third kappa shape index (κ3) is 2.86. The lowest BCUT2D eigenvalue weighted by Gasteiger charge is -2.10. The standard InChI is InChI=1S/C15H14ClNO3/c1-9-4-3-5-11(14(9)18)15(19)17-10-6-7-12(16)13(8-10)20-2/h3-8,18H,1-2H3,(H,17,19). The Kier molecular flexibility index (Phi) is 4.15. The van der Waals surface area contributed by atoms with Gasteiger partial charge in [0.2, 0.25) is 0 Å². The first-order chi connectivity index (χ1) is 9.52. The highest BCUT2D eigenvalue weighted by Crippen LogP contribution is 2.28. The first kappa shape index (κ1) is 14.2. The van der Waals surface area contributed by atoms with Crippen molar-refractivity contribution in [2.45, 2.75) is 6.92 Å². The Morgan fingerprint density at radius 1 is 1.30 bits per heavy atom. The second-order valence-electron chi connectivity index (χ2n) is 4.27. The van der Waals surface area contributed by atoms with E-state index in [2.05, 4.69) is 5.32 Å². The van der Waals surface area contributed by atoms with E-state index in [-0.39, 0.29) is 11.3 Å². The number of hydrogen-bond donors (Lipinski definition) is 2. The molecule has 2 rings (SSSR count). The third-order valence-electron chi connectivity index (χ3n) is 2.89. The van der Waals surface area contributed by atoms with Crippen molar-refractivity contribution in [1.82, 2.24) is 0 Å². The molecule has 2 aromatic carbocycles. The van der Waals surface area contributed by atoms with E-state index in [9.17, 15) is 9.90 Å². The van der Waals surface area contributed by atoms with Crippen molar-refractivity contribution in [3.05, 3.63) is 52.5 Å². The number of ether oxygens (including phenoxy) is 1. The highest BCUT2D eigenvalue weighted by atomic mass is 35.5. The molecular weight excluding hydrogens is 278 g/mol. The van der Waals surface area contributed by atoms with Gasteiger partial charge in [0.25, 0.3) is 5.91 Å². The maximum atomic E-state index is 12.1.